The first-order chi connectivity index (χ1) is 9.76. The van der Waals surface area contributed by atoms with Gasteiger partial charge in [-0.1, -0.05) is 36.4 Å². The van der Waals surface area contributed by atoms with Gasteiger partial charge < -0.3 is 9.47 Å². The first-order valence-corrected chi connectivity index (χ1v) is 6.04. The van der Waals surface area contributed by atoms with Gasteiger partial charge in [0.05, 0.1) is 12.7 Å². The number of esters is 1. The minimum atomic E-state index is -0.538. The third-order valence-electron chi connectivity index (χ3n) is 2.79. The van der Waals surface area contributed by atoms with E-state index in [1.54, 1.807) is 18.2 Å². The van der Waals surface area contributed by atoms with Crippen molar-refractivity contribution in [2.24, 2.45) is 0 Å². The van der Waals surface area contributed by atoms with Gasteiger partial charge in [0.15, 0.2) is 0 Å². The molecule has 2 aromatic carbocycles. The number of methoxy groups -OCH3 is 1. The Hall–Kier alpha value is -2.80. The van der Waals surface area contributed by atoms with Crippen molar-refractivity contribution in [2.45, 2.75) is 6.61 Å². The summed E-state index contributed by atoms with van der Waals surface area (Å²) in [5.41, 5.74) is 1.29. The molecule has 0 aliphatic carbocycles. The van der Waals surface area contributed by atoms with Crippen LogP contribution in [0.25, 0.3) is 0 Å². The lowest BCUT2D eigenvalue weighted by molar-refractivity contribution is 0.0472. The van der Waals surface area contributed by atoms with E-state index in [-0.39, 0.29) is 17.7 Å². The molecule has 0 saturated carbocycles. The van der Waals surface area contributed by atoms with Crippen molar-refractivity contribution in [1.29, 1.82) is 5.26 Å². The zero-order valence-electron chi connectivity index (χ0n) is 11.0. The van der Waals surface area contributed by atoms with Gasteiger partial charge in [0, 0.05) is 0 Å². The van der Waals surface area contributed by atoms with Crippen molar-refractivity contribution in [3.05, 3.63) is 65.2 Å². The average molecular weight is 267 g/mol. The number of nitrogens with zero attached hydrogens (tertiary/aromatic N) is 1. The topological polar surface area (TPSA) is 59.3 Å². The molecule has 2 rings (SSSR count). The van der Waals surface area contributed by atoms with E-state index in [9.17, 15) is 4.79 Å². The third-order valence-corrected chi connectivity index (χ3v) is 2.79. The van der Waals surface area contributed by atoms with E-state index in [4.69, 9.17) is 14.7 Å². The van der Waals surface area contributed by atoms with Gasteiger partial charge in [0.2, 0.25) is 0 Å². The van der Waals surface area contributed by atoms with E-state index < -0.39 is 5.97 Å². The number of carbonyl (C=O) groups is 1. The highest BCUT2D eigenvalue weighted by Crippen LogP contribution is 2.22. The largest absolute Gasteiger partial charge is 0.495 e. The molecule has 0 bridgehead atoms. The number of ether oxygens (including phenoxy) is 2. The maximum absolute atomic E-state index is 12.0. The number of carbonyl (C=O) groups excluding carboxylic acids is 1. The van der Waals surface area contributed by atoms with Crippen molar-refractivity contribution >= 4 is 5.97 Å². The lowest BCUT2D eigenvalue weighted by atomic mass is 10.1. The minimum absolute atomic E-state index is 0.168. The lowest BCUT2D eigenvalue weighted by Crippen LogP contribution is -2.08. The highest BCUT2D eigenvalue weighted by molar-refractivity contribution is 5.93. The fourth-order valence-electron chi connectivity index (χ4n) is 1.79. The number of nitriles is 1. The van der Waals surface area contributed by atoms with Crippen LogP contribution in [-0.2, 0) is 11.3 Å². The fourth-order valence-corrected chi connectivity index (χ4v) is 1.79. The summed E-state index contributed by atoms with van der Waals surface area (Å²) in [6.45, 7) is 0.168. The van der Waals surface area contributed by atoms with Gasteiger partial charge in [0.1, 0.15) is 24.0 Å². The van der Waals surface area contributed by atoms with Gasteiger partial charge in [-0.2, -0.15) is 5.26 Å². The van der Waals surface area contributed by atoms with Crippen LogP contribution in [0.2, 0.25) is 0 Å². The summed E-state index contributed by atoms with van der Waals surface area (Å²) in [6.07, 6.45) is 0. The van der Waals surface area contributed by atoms with Crippen LogP contribution in [-0.4, -0.2) is 13.1 Å². The molecular formula is C16H13NO3. The second-order valence-corrected chi connectivity index (χ2v) is 4.06. The monoisotopic (exact) mass is 267 g/mol. The average Bonchev–Trinajstić information content (AvgIpc) is 2.52. The maximum atomic E-state index is 12.0. The standard InChI is InChI=1S/C16H13NO3/c1-19-15-9-5-8-13(14(15)10-17)16(18)20-11-12-6-3-2-4-7-12/h2-9H,11H2,1H3. The molecule has 0 radical (unpaired) electrons. The molecule has 0 aromatic heterocycles. The van der Waals surface area contributed by atoms with E-state index >= 15 is 0 Å². The Labute approximate surface area is 117 Å². The van der Waals surface area contributed by atoms with Crippen molar-refractivity contribution < 1.29 is 14.3 Å². The lowest BCUT2D eigenvalue weighted by Gasteiger charge is -2.08. The number of hydrogen-bond acceptors (Lipinski definition) is 4. The predicted molar refractivity (Wildman–Crippen MR) is 73.3 cm³/mol. The summed E-state index contributed by atoms with van der Waals surface area (Å²) in [6, 6.07) is 16.2. The van der Waals surface area contributed by atoms with E-state index in [0.29, 0.717) is 5.75 Å². The van der Waals surface area contributed by atoms with Gasteiger partial charge in [0.25, 0.3) is 0 Å². The van der Waals surface area contributed by atoms with E-state index in [2.05, 4.69) is 0 Å². The minimum Gasteiger partial charge on any atom is -0.495 e. The summed E-state index contributed by atoms with van der Waals surface area (Å²) in [5, 5.41) is 9.13. The molecule has 0 aliphatic heterocycles. The predicted octanol–water partition coefficient (Wildman–Crippen LogP) is 2.92. The number of rotatable bonds is 4. The maximum Gasteiger partial charge on any atom is 0.339 e. The number of benzene rings is 2. The van der Waals surface area contributed by atoms with Gasteiger partial charge in [-0.05, 0) is 17.7 Å². The first-order valence-electron chi connectivity index (χ1n) is 6.04. The Bertz CT molecular complexity index is 645. The Kier molecular flexibility index (Phi) is 4.35. The van der Waals surface area contributed by atoms with Crippen LogP contribution in [0.4, 0.5) is 0 Å². The third kappa shape index (κ3) is 2.96. The molecule has 2 aromatic rings. The fraction of sp³-hybridized carbons (Fsp3) is 0.125. The van der Waals surface area contributed by atoms with Crippen LogP contribution in [0.5, 0.6) is 5.75 Å². The summed E-state index contributed by atoms with van der Waals surface area (Å²) < 4.78 is 10.3. The quantitative estimate of drug-likeness (QED) is 0.799. The molecule has 0 aliphatic rings. The summed E-state index contributed by atoms with van der Waals surface area (Å²) >= 11 is 0. The Morgan fingerprint density at radius 1 is 1.15 bits per heavy atom. The molecule has 0 unspecified atom stereocenters. The van der Waals surface area contributed by atoms with Crippen molar-refractivity contribution in [2.75, 3.05) is 7.11 Å². The van der Waals surface area contributed by atoms with Gasteiger partial charge in [-0.15, -0.1) is 0 Å². The molecule has 0 N–H and O–H groups in total. The normalized spacial score (nSPS) is 9.60. The Balaban J connectivity index is 2.16. The molecular weight excluding hydrogens is 254 g/mol. The van der Waals surface area contributed by atoms with Crippen molar-refractivity contribution in [3.8, 4) is 11.8 Å². The van der Waals surface area contributed by atoms with Gasteiger partial charge in [-0.3, -0.25) is 0 Å². The molecule has 0 spiro atoms. The zero-order chi connectivity index (χ0) is 14.4. The van der Waals surface area contributed by atoms with E-state index in [1.165, 1.54) is 7.11 Å². The van der Waals surface area contributed by atoms with Crippen LogP contribution in [0.3, 0.4) is 0 Å². The zero-order valence-corrected chi connectivity index (χ0v) is 11.0. The molecule has 0 amide bonds. The molecule has 0 atom stereocenters. The van der Waals surface area contributed by atoms with Crippen molar-refractivity contribution in [3.63, 3.8) is 0 Å². The number of hydrogen-bond donors (Lipinski definition) is 0. The van der Waals surface area contributed by atoms with Gasteiger partial charge >= 0.3 is 5.97 Å². The molecule has 0 fully saturated rings. The second kappa shape index (κ2) is 6.39. The molecule has 4 heteroatoms. The van der Waals surface area contributed by atoms with Crippen LogP contribution in [0.1, 0.15) is 21.5 Å². The molecule has 0 saturated heterocycles. The summed E-state index contributed by atoms with van der Waals surface area (Å²) in [7, 11) is 1.45. The smallest absolute Gasteiger partial charge is 0.339 e. The molecule has 4 nitrogen and oxygen atoms in total. The highest BCUT2D eigenvalue weighted by atomic mass is 16.5. The molecule has 100 valence electrons. The summed E-state index contributed by atoms with van der Waals surface area (Å²) in [5.74, 6) is -0.175. The summed E-state index contributed by atoms with van der Waals surface area (Å²) in [4.78, 5) is 12.0. The van der Waals surface area contributed by atoms with Crippen molar-refractivity contribution in [1.82, 2.24) is 0 Å². The van der Waals surface area contributed by atoms with E-state index in [0.717, 1.165) is 5.56 Å². The van der Waals surface area contributed by atoms with Crippen LogP contribution < -0.4 is 4.74 Å². The SMILES string of the molecule is COc1cccc(C(=O)OCc2ccccc2)c1C#N. The first kappa shape index (κ1) is 13.6. The van der Waals surface area contributed by atoms with Crippen LogP contribution in [0.15, 0.2) is 48.5 Å². The van der Waals surface area contributed by atoms with Crippen LogP contribution >= 0.6 is 0 Å². The Morgan fingerprint density at radius 2 is 1.90 bits per heavy atom. The second-order valence-electron chi connectivity index (χ2n) is 4.06. The highest BCUT2D eigenvalue weighted by Gasteiger charge is 2.16. The molecule has 20 heavy (non-hydrogen) atoms. The van der Waals surface area contributed by atoms with Crippen LogP contribution in [0, 0.1) is 11.3 Å². The Morgan fingerprint density at radius 3 is 2.55 bits per heavy atom. The van der Waals surface area contributed by atoms with Gasteiger partial charge in [-0.25, -0.2) is 4.79 Å². The molecule has 0 heterocycles. The van der Waals surface area contributed by atoms with E-state index in [1.807, 2.05) is 36.4 Å².